The van der Waals surface area contributed by atoms with Crippen LogP contribution < -0.4 is 0 Å². The molecule has 0 aromatic carbocycles. The van der Waals surface area contributed by atoms with E-state index in [1.54, 1.807) is 0 Å². The Labute approximate surface area is 107 Å². The van der Waals surface area contributed by atoms with Crippen molar-refractivity contribution in [2.75, 3.05) is 32.7 Å². The molecule has 99 valence electrons. The predicted octanol–water partition coefficient (Wildman–Crippen LogP) is 3.71. The second kappa shape index (κ2) is 10.7. The van der Waals surface area contributed by atoms with Crippen molar-refractivity contribution in [3.8, 4) is 0 Å². The molecule has 0 amide bonds. The quantitative estimate of drug-likeness (QED) is 0.444. The topological polar surface area (TPSA) is 28.0 Å². The van der Waals surface area contributed by atoms with Gasteiger partial charge in [-0.25, -0.2) is 0 Å². The summed E-state index contributed by atoms with van der Waals surface area (Å²) in [4.78, 5) is 2.61. The fraction of sp³-hybridized carbons (Fsp3) is 0.929. The Morgan fingerprint density at radius 3 is 2.24 bits per heavy atom. The van der Waals surface area contributed by atoms with Gasteiger partial charge < -0.3 is 4.90 Å². The van der Waals surface area contributed by atoms with Crippen molar-refractivity contribution >= 4 is 0 Å². The summed E-state index contributed by atoms with van der Waals surface area (Å²) in [5.41, 5.74) is 0. The fourth-order valence-corrected chi connectivity index (χ4v) is 2.20. The molecule has 1 rings (SSSR count). The van der Waals surface area contributed by atoms with Crippen LogP contribution in [0, 0.1) is 6.92 Å². The van der Waals surface area contributed by atoms with E-state index in [9.17, 15) is 0 Å². The highest BCUT2D eigenvalue weighted by Gasteiger charge is 2.08. The molecule has 0 aromatic heterocycles. The standard InChI is InChI=1S/C14H28N3/c1-2-3-10-15-16-11-6-4-7-12-17-13-8-5-9-14-17/h1-14H2. The van der Waals surface area contributed by atoms with Crippen LogP contribution in [-0.4, -0.2) is 37.6 Å². The highest BCUT2D eigenvalue weighted by molar-refractivity contribution is 4.64. The molecular weight excluding hydrogens is 210 g/mol. The van der Waals surface area contributed by atoms with Crippen LogP contribution in [-0.2, 0) is 0 Å². The van der Waals surface area contributed by atoms with Crippen LogP contribution in [0.15, 0.2) is 10.2 Å². The molecule has 0 aromatic rings. The Bertz CT molecular complexity index is 186. The van der Waals surface area contributed by atoms with E-state index in [1.807, 2.05) is 0 Å². The van der Waals surface area contributed by atoms with Crippen LogP contribution in [0.3, 0.4) is 0 Å². The van der Waals surface area contributed by atoms with Crippen molar-refractivity contribution in [1.82, 2.24) is 4.90 Å². The third-order valence-electron chi connectivity index (χ3n) is 3.29. The molecule has 17 heavy (non-hydrogen) atoms. The van der Waals surface area contributed by atoms with Gasteiger partial charge in [-0.3, -0.25) is 0 Å². The number of unbranched alkanes of at least 4 members (excludes halogenated alkanes) is 3. The van der Waals surface area contributed by atoms with Gasteiger partial charge in [-0.15, -0.1) is 0 Å². The Balaban J connectivity index is 1.82. The van der Waals surface area contributed by atoms with Crippen molar-refractivity contribution in [2.24, 2.45) is 10.2 Å². The fourth-order valence-electron chi connectivity index (χ4n) is 2.20. The first-order valence-electron chi connectivity index (χ1n) is 7.28. The lowest BCUT2D eigenvalue weighted by molar-refractivity contribution is 0.224. The van der Waals surface area contributed by atoms with Crippen LogP contribution in [0.5, 0.6) is 0 Å². The van der Waals surface area contributed by atoms with Crippen molar-refractivity contribution in [3.05, 3.63) is 6.92 Å². The van der Waals surface area contributed by atoms with Gasteiger partial charge in [-0.1, -0.05) is 26.2 Å². The second-order valence-electron chi connectivity index (χ2n) is 4.90. The lowest BCUT2D eigenvalue weighted by Crippen LogP contribution is -2.30. The summed E-state index contributed by atoms with van der Waals surface area (Å²) in [6.45, 7) is 9.49. The number of likely N-dealkylation sites (tertiary alicyclic amines) is 1. The lowest BCUT2D eigenvalue weighted by atomic mass is 10.1. The Morgan fingerprint density at radius 1 is 0.824 bits per heavy atom. The van der Waals surface area contributed by atoms with Gasteiger partial charge in [0.2, 0.25) is 0 Å². The lowest BCUT2D eigenvalue weighted by Gasteiger charge is -2.26. The van der Waals surface area contributed by atoms with Crippen LogP contribution >= 0.6 is 0 Å². The van der Waals surface area contributed by atoms with Crippen LogP contribution in [0.1, 0.15) is 51.4 Å². The highest BCUT2D eigenvalue weighted by Crippen LogP contribution is 2.09. The highest BCUT2D eigenvalue weighted by atomic mass is 15.1. The van der Waals surface area contributed by atoms with E-state index in [0.29, 0.717) is 0 Å². The molecule has 1 aliphatic rings. The maximum Gasteiger partial charge on any atom is 0.0598 e. The first kappa shape index (κ1) is 14.6. The van der Waals surface area contributed by atoms with Crippen LogP contribution in [0.4, 0.5) is 0 Å². The molecule has 1 heterocycles. The van der Waals surface area contributed by atoms with E-state index in [1.165, 1.54) is 58.2 Å². The minimum Gasteiger partial charge on any atom is -0.303 e. The summed E-state index contributed by atoms with van der Waals surface area (Å²) in [6, 6.07) is 0. The number of piperidine rings is 1. The van der Waals surface area contributed by atoms with Crippen molar-refractivity contribution in [1.29, 1.82) is 0 Å². The van der Waals surface area contributed by atoms with Gasteiger partial charge in [0.1, 0.15) is 0 Å². The molecule has 0 spiro atoms. The minimum atomic E-state index is 0.858. The van der Waals surface area contributed by atoms with Crippen molar-refractivity contribution in [3.63, 3.8) is 0 Å². The van der Waals surface area contributed by atoms with Crippen molar-refractivity contribution < 1.29 is 0 Å². The van der Waals surface area contributed by atoms with Crippen LogP contribution in [0.2, 0.25) is 0 Å². The average molecular weight is 238 g/mol. The van der Waals surface area contributed by atoms with Gasteiger partial charge in [0.05, 0.1) is 13.1 Å². The van der Waals surface area contributed by atoms with Crippen molar-refractivity contribution in [2.45, 2.75) is 51.4 Å². The summed E-state index contributed by atoms with van der Waals surface area (Å²) in [6.07, 6.45) is 10.1. The number of azo groups is 1. The van der Waals surface area contributed by atoms with Gasteiger partial charge in [0.15, 0.2) is 0 Å². The summed E-state index contributed by atoms with van der Waals surface area (Å²) in [7, 11) is 0. The first-order valence-corrected chi connectivity index (χ1v) is 7.28. The third kappa shape index (κ3) is 8.31. The molecule has 0 aliphatic carbocycles. The average Bonchev–Trinajstić information content (AvgIpc) is 2.38. The molecular formula is C14H28N3. The SMILES string of the molecule is [CH2]CCCN=NCCCCCN1CCCCC1. The predicted molar refractivity (Wildman–Crippen MR) is 73.3 cm³/mol. The van der Waals surface area contributed by atoms with Crippen LogP contribution in [0.25, 0.3) is 0 Å². The largest absolute Gasteiger partial charge is 0.303 e. The smallest absolute Gasteiger partial charge is 0.0598 e. The molecule has 0 unspecified atom stereocenters. The maximum absolute atomic E-state index is 4.18. The molecule has 0 atom stereocenters. The van der Waals surface area contributed by atoms with E-state index >= 15 is 0 Å². The summed E-state index contributed by atoms with van der Waals surface area (Å²) >= 11 is 0. The molecule has 0 saturated carbocycles. The maximum atomic E-state index is 4.18. The molecule has 1 radical (unpaired) electrons. The molecule has 0 N–H and O–H groups in total. The van der Waals surface area contributed by atoms with Gasteiger partial charge >= 0.3 is 0 Å². The molecule has 1 aliphatic heterocycles. The molecule has 1 fully saturated rings. The van der Waals surface area contributed by atoms with E-state index in [0.717, 1.165) is 25.9 Å². The number of rotatable bonds is 9. The van der Waals surface area contributed by atoms with E-state index in [-0.39, 0.29) is 0 Å². The van der Waals surface area contributed by atoms with Gasteiger partial charge in [-0.05, 0) is 51.7 Å². The number of hydrogen-bond acceptors (Lipinski definition) is 3. The summed E-state index contributed by atoms with van der Waals surface area (Å²) < 4.78 is 0. The van der Waals surface area contributed by atoms with E-state index in [2.05, 4.69) is 22.1 Å². The Kier molecular flexibility index (Phi) is 9.20. The zero-order valence-electron chi connectivity index (χ0n) is 11.2. The molecule has 3 nitrogen and oxygen atoms in total. The Hall–Kier alpha value is -0.440. The Morgan fingerprint density at radius 2 is 1.53 bits per heavy atom. The number of nitrogens with zero attached hydrogens (tertiary/aromatic N) is 3. The third-order valence-corrected chi connectivity index (χ3v) is 3.29. The van der Waals surface area contributed by atoms with Gasteiger partial charge in [-0.2, -0.15) is 10.2 Å². The molecule has 1 saturated heterocycles. The molecule has 3 heteroatoms. The zero-order chi connectivity index (χ0) is 12.2. The monoisotopic (exact) mass is 238 g/mol. The first-order chi connectivity index (χ1) is 8.43. The number of hydrogen-bond donors (Lipinski definition) is 0. The normalized spacial score (nSPS) is 17.9. The zero-order valence-corrected chi connectivity index (χ0v) is 11.2. The molecule has 0 bridgehead atoms. The van der Waals surface area contributed by atoms with E-state index in [4.69, 9.17) is 0 Å². The summed E-state index contributed by atoms with van der Waals surface area (Å²) in [5, 5.41) is 8.30. The van der Waals surface area contributed by atoms with Gasteiger partial charge in [0.25, 0.3) is 0 Å². The van der Waals surface area contributed by atoms with Gasteiger partial charge in [0, 0.05) is 0 Å². The minimum absolute atomic E-state index is 0.858. The second-order valence-corrected chi connectivity index (χ2v) is 4.90. The van der Waals surface area contributed by atoms with E-state index < -0.39 is 0 Å². The summed E-state index contributed by atoms with van der Waals surface area (Å²) in [5.74, 6) is 0.